The van der Waals surface area contributed by atoms with Gasteiger partial charge in [0.05, 0.1) is 0 Å². The SMILES string of the molecule is O=C(C=CC1CC1)c1ccnc(I)c1. The number of allylic oxidation sites excluding steroid dienone is 2. The molecule has 0 radical (unpaired) electrons. The lowest BCUT2D eigenvalue weighted by Crippen LogP contribution is -1.95. The Morgan fingerprint density at radius 1 is 1.57 bits per heavy atom. The highest BCUT2D eigenvalue weighted by molar-refractivity contribution is 14.1. The average Bonchev–Trinajstić information content (AvgIpc) is 2.97. The first-order valence-corrected chi connectivity index (χ1v) is 5.67. The Bertz CT molecular complexity index is 383. The second-order valence-electron chi connectivity index (χ2n) is 3.43. The Hall–Kier alpha value is -0.710. The van der Waals surface area contributed by atoms with Crippen LogP contribution in [0, 0.1) is 9.62 Å². The van der Waals surface area contributed by atoms with Crippen molar-refractivity contribution >= 4 is 28.4 Å². The van der Waals surface area contributed by atoms with Crippen molar-refractivity contribution in [1.29, 1.82) is 0 Å². The van der Waals surface area contributed by atoms with E-state index < -0.39 is 0 Å². The highest BCUT2D eigenvalue weighted by atomic mass is 127. The van der Waals surface area contributed by atoms with Gasteiger partial charge in [-0.1, -0.05) is 6.08 Å². The number of hydrogen-bond donors (Lipinski definition) is 0. The number of halogens is 1. The van der Waals surface area contributed by atoms with Crippen LogP contribution in [-0.2, 0) is 0 Å². The van der Waals surface area contributed by atoms with Gasteiger partial charge in [-0.3, -0.25) is 9.78 Å². The van der Waals surface area contributed by atoms with Gasteiger partial charge in [0.15, 0.2) is 5.78 Å². The lowest BCUT2D eigenvalue weighted by molar-refractivity contribution is 0.104. The van der Waals surface area contributed by atoms with Gasteiger partial charge >= 0.3 is 0 Å². The molecule has 0 N–H and O–H groups in total. The molecule has 72 valence electrons. The number of carbonyl (C=O) groups excluding carboxylic acids is 1. The molecule has 1 heterocycles. The Labute approximate surface area is 96.6 Å². The van der Waals surface area contributed by atoms with E-state index in [4.69, 9.17) is 0 Å². The molecular formula is C11H10INO. The van der Waals surface area contributed by atoms with Crippen molar-refractivity contribution in [1.82, 2.24) is 4.98 Å². The monoisotopic (exact) mass is 299 g/mol. The van der Waals surface area contributed by atoms with Gasteiger partial charge < -0.3 is 0 Å². The number of hydrogen-bond acceptors (Lipinski definition) is 2. The molecule has 0 bridgehead atoms. The highest BCUT2D eigenvalue weighted by Crippen LogP contribution is 2.30. The molecule has 2 nitrogen and oxygen atoms in total. The summed E-state index contributed by atoms with van der Waals surface area (Å²) < 4.78 is 0.855. The zero-order valence-corrected chi connectivity index (χ0v) is 9.77. The molecule has 1 aromatic rings. The van der Waals surface area contributed by atoms with Crippen molar-refractivity contribution < 1.29 is 4.79 Å². The third kappa shape index (κ3) is 2.64. The second-order valence-corrected chi connectivity index (χ2v) is 4.53. The van der Waals surface area contributed by atoms with Crippen molar-refractivity contribution in [3.63, 3.8) is 0 Å². The number of ketones is 1. The minimum absolute atomic E-state index is 0.0808. The van der Waals surface area contributed by atoms with Gasteiger partial charge in [0.25, 0.3) is 0 Å². The van der Waals surface area contributed by atoms with Crippen LogP contribution in [0.4, 0.5) is 0 Å². The summed E-state index contributed by atoms with van der Waals surface area (Å²) in [4.78, 5) is 15.7. The molecule has 0 aromatic carbocycles. The molecule has 0 saturated heterocycles. The minimum Gasteiger partial charge on any atom is -0.289 e. The van der Waals surface area contributed by atoms with Crippen LogP contribution in [0.3, 0.4) is 0 Å². The maximum absolute atomic E-state index is 11.6. The van der Waals surface area contributed by atoms with Gasteiger partial charge in [0.2, 0.25) is 0 Å². The van der Waals surface area contributed by atoms with E-state index in [1.807, 2.05) is 6.08 Å². The summed E-state index contributed by atoms with van der Waals surface area (Å²) in [6.07, 6.45) is 7.83. The average molecular weight is 299 g/mol. The predicted molar refractivity (Wildman–Crippen MR) is 63.1 cm³/mol. The first-order valence-electron chi connectivity index (χ1n) is 4.60. The molecule has 0 aliphatic heterocycles. The van der Waals surface area contributed by atoms with Gasteiger partial charge in [-0.15, -0.1) is 0 Å². The second kappa shape index (κ2) is 4.21. The molecule has 1 aliphatic carbocycles. The molecule has 14 heavy (non-hydrogen) atoms. The van der Waals surface area contributed by atoms with E-state index in [1.54, 1.807) is 24.4 Å². The van der Waals surface area contributed by atoms with Crippen LogP contribution in [0.2, 0.25) is 0 Å². The first kappa shape index (κ1) is 9.83. The van der Waals surface area contributed by atoms with Crippen molar-refractivity contribution in [3.8, 4) is 0 Å². The summed E-state index contributed by atoms with van der Waals surface area (Å²) >= 11 is 2.11. The van der Waals surface area contributed by atoms with Crippen LogP contribution >= 0.6 is 22.6 Å². The third-order valence-corrected chi connectivity index (χ3v) is 2.74. The largest absolute Gasteiger partial charge is 0.289 e. The normalized spacial score (nSPS) is 16.1. The van der Waals surface area contributed by atoms with Crippen LogP contribution < -0.4 is 0 Å². The fourth-order valence-electron chi connectivity index (χ4n) is 1.16. The zero-order valence-electron chi connectivity index (χ0n) is 7.61. The van der Waals surface area contributed by atoms with E-state index in [2.05, 4.69) is 27.6 Å². The van der Waals surface area contributed by atoms with Gasteiger partial charge in [0, 0.05) is 11.8 Å². The summed E-state index contributed by atoms with van der Waals surface area (Å²) in [6.45, 7) is 0. The van der Waals surface area contributed by atoms with Crippen molar-refractivity contribution in [3.05, 3.63) is 39.7 Å². The molecule has 0 amide bonds. The van der Waals surface area contributed by atoms with Crippen LogP contribution in [0.25, 0.3) is 0 Å². The summed E-state index contributed by atoms with van der Waals surface area (Å²) in [5.74, 6) is 0.733. The van der Waals surface area contributed by atoms with Crippen LogP contribution in [0.5, 0.6) is 0 Å². The molecule has 1 aliphatic rings. The van der Waals surface area contributed by atoms with Gasteiger partial charge in [-0.05, 0) is 59.6 Å². The quantitative estimate of drug-likeness (QED) is 0.372. The minimum atomic E-state index is 0.0808. The number of rotatable bonds is 3. The molecule has 2 rings (SSSR count). The lowest BCUT2D eigenvalue weighted by atomic mass is 10.1. The molecule has 1 saturated carbocycles. The van der Waals surface area contributed by atoms with Crippen LogP contribution in [0.1, 0.15) is 23.2 Å². The summed E-state index contributed by atoms with van der Waals surface area (Å²) in [6, 6.07) is 3.56. The van der Waals surface area contributed by atoms with Crippen molar-refractivity contribution in [2.45, 2.75) is 12.8 Å². The lowest BCUT2D eigenvalue weighted by Gasteiger charge is -1.95. The van der Waals surface area contributed by atoms with E-state index in [0.717, 1.165) is 9.26 Å². The Balaban J connectivity index is 2.09. The Morgan fingerprint density at radius 3 is 3.00 bits per heavy atom. The molecule has 3 heteroatoms. The molecule has 0 spiro atoms. The summed E-state index contributed by atoms with van der Waals surface area (Å²) in [5.41, 5.74) is 0.723. The van der Waals surface area contributed by atoms with Crippen molar-refractivity contribution in [2.24, 2.45) is 5.92 Å². The molecular weight excluding hydrogens is 289 g/mol. The molecule has 0 unspecified atom stereocenters. The molecule has 0 atom stereocenters. The fourth-order valence-corrected chi connectivity index (χ4v) is 1.66. The number of pyridine rings is 1. The predicted octanol–water partition coefficient (Wildman–Crippen LogP) is 2.84. The van der Waals surface area contributed by atoms with Crippen LogP contribution in [0.15, 0.2) is 30.5 Å². The maximum Gasteiger partial charge on any atom is 0.185 e. The topological polar surface area (TPSA) is 30.0 Å². The molecule has 1 aromatic heterocycles. The van der Waals surface area contributed by atoms with Crippen LogP contribution in [-0.4, -0.2) is 10.8 Å². The highest BCUT2D eigenvalue weighted by Gasteiger charge is 2.17. The Morgan fingerprint density at radius 2 is 2.36 bits per heavy atom. The van der Waals surface area contributed by atoms with Gasteiger partial charge in [-0.2, -0.15) is 0 Å². The number of carbonyl (C=O) groups is 1. The van der Waals surface area contributed by atoms with E-state index in [-0.39, 0.29) is 5.78 Å². The first-order chi connectivity index (χ1) is 6.75. The van der Waals surface area contributed by atoms with E-state index in [0.29, 0.717) is 5.92 Å². The molecule has 1 fully saturated rings. The number of aromatic nitrogens is 1. The van der Waals surface area contributed by atoms with Gasteiger partial charge in [0.1, 0.15) is 3.70 Å². The van der Waals surface area contributed by atoms with E-state index >= 15 is 0 Å². The van der Waals surface area contributed by atoms with Gasteiger partial charge in [-0.25, -0.2) is 0 Å². The van der Waals surface area contributed by atoms with E-state index in [9.17, 15) is 4.79 Å². The summed E-state index contributed by atoms with van der Waals surface area (Å²) in [5, 5.41) is 0. The standard InChI is InChI=1S/C11H10INO/c12-11-7-9(5-6-13-11)10(14)4-3-8-1-2-8/h3-8H,1-2H2. The maximum atomic E-state index is 11.6. The van der Waals surface area contributed by atoms with E-state index in [1.165, 1.54) is 12.8 Å². The number of nitrogens with zero attached hydrogens (tertiary/aromatic N) is 1. The zero-order chi connectivity index (χ0) is 9.97. The summed E-state index contributed by atoms with van der Waals surface area (Å²) in [7, 11) is 0. The third-order valence-electron chi connectivity index (χ3n) is 2.15. The Kier molecular flexibility index (Phi) is 2.96. The fraction of sp³-hybridized carbons (Fsp3) is 0.273. The smallest absolute Gasteiger partial charge is 0.185 e. The van der Waals surface area contributed by atoms with Crippen molar-refractivity contribution in [2.75, 3.05) is 0 Å².